The Bertz CT molecular complexity index is 1810. The Kier molecular flexibility index (Phi) is 28.1. The Morgan fingerprint density at radius 2 is 0.845 bits per heavy atom. The molecule has 5 nitrogen and oxygen atoms in total. The van der Waals surface area contributed by atoms with Crippen molar-refractivity contribution in [3.8, 4) is 0 Å². The van der Waals surface area contributed by atoms with Crippen LogP contribution in [0.4, 0.5) is 0 Å². The fourth-order valence-corrected chi connectivity index (χ4v) is 18.7. The van der Waals surface area contributed by atoms with E-state index in [-0.39, 0.29) is 16.8 Å². The Labute approximate surface area is 527 Å². The van der Waals surface area contributed by atoms with E-state index in [1.165, 1.54) is 116 Å². The Balaban J connectivity index is 0.000000217. The van der Waals surface area contributed by atoms with Gasteiger partial charge in [0.05, 0.1) is 59.5 Å². The van der Waals surface area contributed by atoms with Gasteiger partial charge in [0.25, 0.3) is 0 Å². The highest BCUT2D eigenvalue weighted by molar-refractivity contribution is 5.10. The van der Waals surface area contributed by atoms with Gasteiger partial charge >= 0.3 is 0 Å². The first-order valence-electron chi connectivity index (χ1n) is 36.6. The molecule has 0 radical (unpaired) electrons. The van der Waals surface area contributed by atoms with Crippen LogP contribution in [-0.4, -0.2) is 59.5 Å². The zero-order valence-electron chi connectivity index (χ0n) is 62.3. The van der Waals surface area contributed by atoms with Gasteiger partial charge in [-0.15, -0.1) is 0 Å². The van der Waals surface area contributed by atoms with E-state index >= 15 is 0 Å². The predicted octanol–water partition coefficient (Wildman–Crippen LogP) is 23.9. The molecule has 6 bridgehead atoms. The molecule has 0 aromatic heterocycles. The summed E-state index contributed by atoms with van der Waals surface area (Å²) in [5.74, 6) is 9.00. The van der Waals surface area contributed by atoms with Crippen LogP contribution in [0.15, 0.2) is 0 Å². The lowest BCUT2D eigenvalue weighted by molar-refractivity contribution is -0.162. The van der Waals surface area contributed by atoms with Crippen LogP contribution in [0.1, 0.15) is 355 Å². The SMILES string of the molecule is CC(C)(C)C12CC3CC(CC(C3)C1)C2.CC(C)(C)OC1CCCCC1.CC(C)(C)OC1CCCCC1(C)C(C)(C)C.CC(C)O[C@H]1C(C)(C)[C@H]2CC[C@]1(C)C2.CC(C)O[C@H]1C[C@@H](C)CC[C@@H]1C(C)C.CC(C)[C@@H]1CC[C@@H](C)C[C@H]1OC(C)(C)C. The number of hydrogen-bond acceptors (Lipinski definition) is 5. The highest BCUT2D eigenvalue weighted by atomic mass is 16.5. The fourth-order valence-electron chi connectivity index (χ4n) is 18.7. The summed E-state index contributed by atoms with van der Waals surface area (Å²) in [5, 5.41) is 0. The van der Waals surface area contributed by atoms with Crippen molar-refractivity contribution in [2.75, 3.05) is 0 Å². The van der Waals surface area contributed by atoms with Gasteiger partial charge in [-0.05, 0) is 291 Å². The number of ether oxygens (including phenoxy) is 5. The van der Waals surface area contributed by atoms with Gasteiger partial charge in [0.2, 0.25) is 0 Å². The van der Waals surface area contributed by atoms with Gasteiger partial charge in [0.1, 0.15) is 0 Å². The third kappa shape index (κ3) is 22.9. The van der Waals surface area contributed by atoms with E-state index in [4.69, 9.17) is 23.7 Å². The van der Waals surface area contributed by atoms with E-state index in [1.807, 2.05) is 0 Å². The van der Waals surface area contributed by atoms with Crippen molar-refractivity contribution in [2.24, 2.45) is 91.7 Å². The molecule has 0 aliphatic heterocycles. The largest absolute Gasteiger partial charge is 0.375 e. The molecule has 10 fully saturated rings. The summed E-state index contributed by atoms with van der Waals surface area (Å²) in [4.78, 5) is 0. The number of fused-ring (bicyclic) bond motifs is 2. The van der Waals surface area contributed by atoms with E-state index in [2.05, 4.69) is 201 Å². The normalized spacial score (nSPS) is 36.8. The second kappa shape index (κ2) is 30.9. The van der Waals surface area contributed by atoms with Crippen molar-refractivity contribution in [1.82, 2.24) is 0 Å². The monoisotopic (exact) mass is 1180 g/mol. The van der Waals surface area contributed by atoms with E-state index in [9.17, 15) is 0 Å². The van der Waals surface area contributed by atoms with E-state index in [1.54, 1.807) is 38.5 Å². The molecule has 10 aliphatic carbocycles. The molecule has 5 heteroatoms. The first kappa shape index (κ1) is 76.3. The van der Waals surface area contributed by atoms with Crippen molar-refractivity contribution in [3.05, 3.63) is 0 Å². The average molecular weight is 1180 g/mol. The van der Waals surface area contributed by atoms with Gasteiger partial charge in [0.15, 0.2) is 0 Å². The van der Waals surface area contributed by atoms with Crippen molar-refractivity contribution in [2.45, 2.75) is 414 Å². The van der Waals surface area contributed by atoms with Crippen molar-refractivity contribution in [1.29, 1.82) is 0 Å². The lowest BCUT2D eigenvalue weighted by Gasteiger charge is -2.62. The quantitative estimate of drug-likeness (QED) is 0.230. The summed E-state index contributed by atoms with van der Waals surface area (Å²) in [6, 6.07) is 0. The first-order valence-corrected chi connectivity index (χ1v) is 36.6. The maximum Gasteiger partial charge on any atom is 0.0685 e. The average Bonchev–Trinajstić information content (AvgIpc) is 1.42. The van der Waals surface area contributed by atoms with Crippen LogP contribution in [0.2, 0.25) is 0 Å². The molecular formula is C79H152O5. The van der Waals surface area contributed by atoms with Gasteiger partial charge < -0.3 is 23.7 Å². The molecule has 10 rings (SSSR count). The molecule has 0 spiro atoms. The standard InChI is InChI=1S/C15H30O.C14H28O.C14H24.C13H24O.C13H26O.C10H20O/c1-13(2,3)15(7)11-9-8-10-12(15)16-14(4,5)6;1-10(2)12-8-7-11(3)9-13(12)15-14(4,5)6;1-13(2,3)14-7-10-4-11(8-14)6-12(5-10)9-14;1-9(2)14-11-12(3,4)10-6-7-13(11,5)8-10;1-9(2)12-7-6-11(5)8-13(12)14-10(3)4;1-10(2,3)11-9-7-5-4-6-8-9/h12H,8-11H2,1-7H3;10-13H,7-9H2,1-6H3;10-12H,4-9H2,1-3H3;9-11H,6-8H2,1-5H3;9-13H,6-8H2,1-5H3;9H,4-8H2,1-3H3/t;11-,12+,13-;;10-,11-,13+;11-,12+,13-;/m.1.00./s1. The van der Waals surface area contributed by atoms with Gasteiger partial charge in [-0.3, -0.25) is 0 Å². The van der Waals surface area contributed by atoms with Crippen LogP contribution < -0.4 is 0 Å². The van der Waals surface area contributed by atoms with Crippen LogP contribution in [0.5, 0.6) is 0 Å². The van der Waals surface area contributed by atoms with Crippen LogP contribution in [-0.2, 0) is 23.7 Å². The van der Waals surface area contributed by atoms with Gasteiger partial charge in [-0.25, -0.2) is 0 Å². The Morgan fingerprint density at radius 1 is 0.405 bits per heavy atom. The number of hydrogen-bond donors (Lipinski definition) is 0. The smallest absolute Gasteiger partial charge is 0.0685 e. The number of rotatable bonds is 9. The summed E-state index contributed by atoms with van der Waals surface area (Å²) in [5.41, 5.74) is 2.85. The fraction of sp³-hybridized carbons (Fsp3) is 1.00. The molecule has 0 N–H and O–H groups in total. The molecule has 10 saturated carbocycles. The van der Waals surface area contributed by atoms with E-state index in [0.29, 0.717) is 69.8 Å². The molecule has 10 aliphatic rings. The maximum absolute atomic E-state index is 6.32. The second-order valence-corrected chi connectivity index (χ2v) is 38.2. The Hall–Kier alpha value is -0.200. The predicted molar refractivity (Wildman–Crippen MR) is 365 cm³/mol. The zero-order chi connectivity index (χ0) is 63.8. The summed E-state index contributed by atoms with van der Waals surface area (Å²) in [6.07, 6.45) is 36.7. The molecular weight excluding hydrogens is 1030 g/mol. The lowest BCUT2D eigenvalue weighted by atomic mass is 9.43. The van der Waals surface area contributed by atoms with E-state index in [0.717, 1.165) is 64.6 Å². The molecule has 0 amide bonds. The minimum absolute atomic E-state index is 0.00880. The van der Waals surface area contributed by atoms with Gasteiger partial charge in [-0.1, -0.05) is 156 Å². The maximum atomic E-state index is 6.32. The molecule has 11 atom stereocenters. The minimum Gasteiger partial charge on any atom is -0.375 e. The highest BCUT2D eigenvalue weighted by Crippen LogP contribution is 2.66. The molecule has 0 saturated heterocycles. The van der Waals surface area contributed by atoms with Crippen molar-refractivity contribution < 1.29 is 23.7 Å². The van der Waals surface area contributed by atoms with Crippen molar-refractivity contribution >= 4 is 0 Å². The van der Waals surface area contributed by atoms with Gasteiger partial charge in [-0.2, -0.15) is 0 Å². The molecule has 84 heavy (non-hydrogen) atoms. The molecule has 0 aromatic carbocycles. The van der Waals surface area contributed by atoms with Crippen LogP contribution in [0, 0.1) is 91.7 Å². The summed E-state index contributed by atoms with van der Waals surface area (Å²) in [6.45, 7) is 66.3. The highest BCUT2D eigenvalue weighted by Gasteiger charge is 2.60. The second-order valence-electron chi connectivity index (χ2n) is 38.2. The zero-order valence-corrected chi connectivity index (χ0v) is 62.3. The first-order chi connectivity index (χ1) is 38.3. The van der Waals surface area contributed by atoms with Crippen LogP contribution in [0.25, 0.3) is 0 Å². The third-order valence-electron chi connectivity index (χ3n) is 23.5. The minimum atomic E-state index is -0.0193. The van der Waals surface area contributed by atoms with Crippen LogP contribution in [0.3, 0.4) is 0 Å². The topological polar surface area (TPSA) is 46.2 Å². The van der Waals surface area contributed by atoms with E-state index < -0.39 is 0 Å². The summed E-state index contributed by atoms with van der Waals surface area (Å²) in [7, 11) is 0. The van der Waals surface area contributed by atoms with Gasteiger partial charge in [0, 0.05) is 0 Å². The molecule has 498 valence electrons. The summed E-state index contributed by atoms with van der Waals surface area (Å²) < 4.78 is 30.6. The van der Waals surface area contributed by atoms with Crippen LogP contribution >= 0.6 is 0 Å². The Morgan fingerprint density at radius 3 is 1.24 bits per heavy atom. The molecule has 0 heterocycles. The molecule has 0 aromatic rings. The molecule has 2 unspecified atom stereocenters. The third-order valence-corrected chi connectivity index (χ3v) is 23.5. The van der Waals surface area contributed by atoms with Crippen molar-refractivity contribution in [3.63, 3.8) is 0 Å². The lowest BCUT2D eigenvalue weighted by Crippen LogP contribution is -2.51. The summed E-state index contributed by atoms with van der Waals surface area (Å²) >= 11 is 0.